The summed E-state index contributed by atoms with van der Waals surface area (Å²) in [5.74, 6) is 0.474. The van der Waals surface area contributed by atoms with E-state index in [9.17, 15) is 8.42 Å². The van der Waals surface area contributed by atoms with Crippen LogP contribution in [0.2, 0.25) is 0 Å². The van der Waals surface area contributed by atoms with Gasteiger partial charge in [0.2, 0.25) is 5.95 Å². The number of hydrogen-bond acceptors (Lipinski definition) is 5. The van der Waals surface area contributed by atoms with Gasteiger partial charge in [0, 0.05) is 5.70 Å². The van der Waals surface area contributed by atoms with Gasteiger partial charge in [-0.05, 0) is 43.2 Å². The van der Waals surface area contributed by atoms with E-state index < -0.39 is 10.0 Å². The molecule has 0 aliphatic carbocycles. The summed E-state index contributed by atoms with van der Waals surface area (Å²) in [6.45, 7) is 4.08. The van der Waals surface area contributed by atoms with Crippen molar-refractivity contribution in [1.82, 2.24) is 14.8 Å². The number of benzene rings is 3. The Labute approximate surface area is 192 Å². The summed E-state index contributed by atoms with van der Waals surface area (Å²) in [6.07, 6.45) is 2.08. The average Bonchev–Trinajstić information content (AvgIpc) is 3.22. The van der Waals surface area contributed by atoms with E-state index in [-0.39, 0.29) is 16.9 Å². The van der Waals surface area contributed by atoms with Gasteiger partial charge in [-0.25, -0.2) is 17.8 Å². The molecule has 0 saturated heterocycles. The van der Waals surface area contributed by atoms with Crippen LogP contribution in [0.1, 0.15) is 28.3 Å². The standard InChI is InChI=1S/C25H23N5O2S/c1-17-8-12-19(13-9-17)22-16-23(20-14-10-18(2)11-15-20)30-25(26-22)27-24(28-30)29-33(31,32)21-6-4-3-5-7-21/h3-16,23H,1-2H3,(H2,26,27,28,29)/t23-/m0/s1. The molecule has 7 nitrogen and oxygen atoms in total. The lowest BCUT2D eigenvalue weighted by Gasteiger charge is -2.24. The third kappa shape index (κ3) is 4.25. The van der Waals surface area contributed by atoms with E-state index in [1.165, 1.54) is 17.7 Å². The molecule has 0 fully saturated rings. The second-order valence-electron chi connectivity index (χ2n) is 8.05. The lowest BCUT2D eigenvalue weighted by molar-refractivity contribution is 0.598. The van der Waals surface area contributed by atoms with Crippen molar-refractivity contribution in [3.8, 4) is 0 Å². The maximum Gasteiger partial charge on any atom is 0.264 e. The number of fused-ring (bicyclic) bond motifs is 1. The van der Waals surface area contributed by atoms with Gasteiger partial charge >= 0.3 is 0 Å². The smallest absolute Gasteiger partial charge is 0.264 e. The highest BCUT2D eigenvalue weighted by molar-refractivity contribution is 7.92. The first-order valence-electron chi connectivity index (χ1n) is 10.6. The largest absolute Gasteiger partial charge is 0.324 e. The Morgan fingerprint density at radius 1 is 0.879 bits per heavy atom. The van der Waals surface area contributed by atoms with Crippen LogP contribution in [-0.4, -0.2) is 23.2 Å². The number of rotatable bonds is 5. The minimum absolute atomic E-state index is 0.0111. The van der Waals surface area contributed by atoms with Crippen molar-refractivity contribution < 1.29 is 8.42 Å². The van der Waals surface area contributed by atoms with Crippen molar-refractivity contribution >= 4 is 27.6 Å². The lowest BCUT2D eigenvalue weighted by Crippen LogP contribution is -2.20. The lowest BCUT2D eigenvalue weighted by atomic mass is 10.0. The number of allylic oxidation sites excluding steroid dienone is 1. The van der Waals surface area contributed by atoms with Gasteiger partial charge in [0.15, 0.2) is 0 Å². The van der Waals surface area contributed by atoms with Crippen LogP contribution in [-0.2, 0) is 10.0 Å². The van der Waals surface area contributed by atoms with Crippen LogP contribution in [0.5, 0.6) is 0 Å². The Morgan fingerprint density at radius 3 is 2.18 bits per heavy atom. The molecule has 0 amide bonds. The molecule has 0 bridgehead atoms. The van der Waals surface area contributed by atoms with E-state index in [1.807, 2.05) is 50.2 Å². The van der Waals surface area contributed by atoms with Crippen LogP contribution in [0.4, 0.5) is 11.9 Å². The number of hydrogen-bond donors (Lipinski definition) is 2. The molecule has 2 N–H and O–H groups in total. The monoisotopic (exact) mass is 457 g/mol. The molecule has 1 aromatic heterocycles. The molecule has 3 aromatic carbocycles. The molecule has 0 unspecified atom stereocenters. The predicted molar refractivity (Wildman–Crippen MR) is 129 cm³/mol. The van der Waals surface area contributed by atoms with Gasteiger partial charge in [-0.1, -0.05) is 77.9 Å². The Morgan fingerprint density at radius 2 is 1.52 bits per heavy atom. The molecule has 5 rings (SSSR count). The molecule has 1 aliphatic heterocycles. The van der Waals surface area contributed by atoms with Crippen LogP contribution >= 0.6 is 0 Å². The van der Waals surface area contributed by atoms with Gasteiger partial charge < -0.3 is 5.32 Å². The van der Waals surface area contributed by atoms with Gasteiger partial charge in [-0.2, -0.15) is 4.98 Å². The molecular weight excluding hydrogens is 434 g/mol. The van der Waals surface area contributed by atoms with Gasteiger partial charge in [-0.15, -0.1) is 5.10 Å². The maximum absolute atomic E-state index is 12.8. The van der Waals surface area contributed by atoms with Crippen LogP contribution in [0.25, 0.3) is 5.70 Å². The number of nitrogens with zero attached hydrogens (tertiary/aromatic N) is 3. The molecule has 1 aliphatic rings. The number of nitrogens with one attached hydrogen (secondary N) is 2. The Balaban J connectivity index is 1.54. The first-order chi connectivity index (χ1) is 15.9. The minimum Gasteiger partial charge on any atom is -0.324 e. The zero-order chi connectivity index (χ0) is 23.0. The fraction of sp³-hybridized carbons (Fsp3) is 0.120. The van der Waals surface area contributed by atoms with E-state index in [4.69, 9.17) is 0 Å². The highest BCUT2D eigenvalue weighted by Crippen LogP contribution is 2.33. The van der Waals surface area contributed by atoms with Crippen molar-refractivity contribution in [3.63, 3.8) is 0 Å². The van der Waals surface area contributed by atoms with Gasteiger partial charge in [0.25, 0.3) is 16.0 Å². The maximum atomic E-state index is 12.8. The second kappa shape index (κ2) is 8.22. The summed E-state index contributed by atoms with van der Waals surface area (Å²) in [4.78, 5) is 4.61. The zero-order valence-corrected chi connectivity index (χ0v) is 19.0. The Hall–Kier alpha value is -3.91. The fourth-order valence-corrected chi connectivity index (χ4v) is 4.68. The summed E-state index contributed by atoms with van der Waals surface area (Å²) >= 11 is 0. The normalized spacial score (nSPS) is 15.3. The van der Waals surface area contributed by atoms with Crippen LogP contribution in [0.15, 0.2) is 89.8 Å². The Bertz CT molecular complexity index is 1420. The van der Waals surface area contributed by atoms with E-state index in [0.29, 0.717) is 5.95 Å². The second-order valence-corrected chi connectivity index (χ2v) is 9.73. The van der Waals surface area contributed by atoms with Crippen molar-refractivity contribution in [3.05, 3.63) is 107 Å². The first-order valence-corrected chi connectivity index (χ1v) is 12.0. The highest BCUT2D eigenvalue weighted by atomic mass is 32.2. The molecule has 8 heteroatoms. The topological polar surface area (TPSA) is 88.9 Å². The average molecular weight is 458 g/mol. The van der Waals surface area contributed by atoms with Crippen molar-refractivity contribution in [2.75, 3.05) is 10.0 Å². The van der Waals surface area contributed by atoms with Gasteiger partial charge in [0.1, 0.15) is 6.04 Å². The number of aryl methyl sites for hydroxylation is 2. The molecule has 4 aromatic rings. The van der Waals surface area contributed by atoms with E-state index in [2.05, 4.69) is 38.3 Å². The van der Waals surface area contributed by atoms with Crippen molar-refractivity contribution in [2.45, 2.75) is 24.8 Å². The summed E-state index contributed by atoms with van der Waals surface area (Å²) in [5.41, 5.74) is 5.25. The summed E-state index contributed by atoms with van der Waals surface area (Å²) in [5, 5.41) is 7.80. The number of anilines is 2. The molecule has 1 atom stereocenters. The quantitative estimate of drug-likeness (QED) is 0.451. The molecule has 33 heavy (non-hydrogen) atoms. The van der Waals surface area contributed by atoms with Crippen molar-refractivity contribution in [2.24, 2.45) is 0 Å². The van der Waals surface area contributed by atoms with E-state index in [1.54, 1.807) is 22.9 Å². The molecular formula is C25H23N5O2S. The molecule has 0 radical (unpaired) electrons. The molecule has 0 spiro atoms. The van der Waals surface area contributed by atoms with Crippen LogP contribution < -0.4 is 10.0 Å². The van der Waals surface area contributed by atoms with E-state index in [0.717, 1.165) is 22.4 Å². The van der Waals surface area contributed by atoms with Crippen LogP contribution in [0.3, 0.4) is 0 Å². The summed E-state index contributed by atoms with van der Waals surface area (Å²) in [6, 6.07) is 24.3. The fourth-order valence-electron chi connectivity index (χ4n) is 3.72. The third-order valence-corrected chi connectivity index (χ3v) is 6.87. The van der Waals surface area contributed by atoms with Gasteiger partial charge in [0.05, 0.1) is 4.90 Å². The van der Waals surface area contributed by atoms with E-state index >= 15 is 0 Å². The Kier molecular flexibility index (Phi) is 5.22. The summed E-state index contributed by atoms with van der Waals surface area (Å²) < 4.78 is 29.8. The molecule has 2 heterocycles. The minimum atomic E-state index is -3.80. The third-order valence-electron chi connectivity index (χ3n) is 5.53. The number of sulfonamides is 1. The first kappa shape index (κ1) is 21.0. The number of aromatic nitrogens is 3. The molecule has 166 valence electrons. The van der Waals surface area contributed by atoms with Crippen molar-refractivity contribution in [1.29, 1.82) is 0 Å². The highest BCUT2D eigenvalue weighted by Gasteiger charge is 2.27. The molecule has 0 saturated carbocycles. The van der Waals surface area contributed by atoms with Gasteiger partial charge in [-0.3, -0.25) is 0 Å². The predicted octanol–water partition coefficient (Wildman–Crippen LogP) is 4.75. The van der Waals surface area contributed by atoms with Crippen LogP contribution in [0, 0.1) is 13.8 Å². The summed E-state index contributed by atoms with van der Waals surface area (Å²) in [7, 11) is -3.80. The SMILES string of the molecule is Cc1ccc(C2=C[C@@H](c3ccc(C)cc3)n3nc(NS(=O)(=O)c4ccccc4)nc3N2)cc1. The zero-order valence-electron chi connectivity index (χ0n) is 18.2.